The summed E-state index contributed by atoms with van der Waals surface area (Å²) in [5, 5.41) is 12.1. The van der Waals surface area contributed by atoms with Gasteiger partial charge in [-0.25, -0.2) is 0 Å². The zero-order chi connectivity index (χ0) is 9.68. The van der Waals surface area contributed by atoms with E-state index < -0.39 is 6.10 Å². The molecule has 1 aliphatic rings. The minimum atomic E-state index is -0.918. The lowest BCUT2D eigenvalue weighted by molar-refractivity contribution is -0.129. The van der Waals surface area contributed by atoms with Crippen molar-refractivity contribution in [2.24, 2.45) is 0 Å². The lowest BCUT2D eigenvalue weighted by Crippen LogP contribution is -2.39. The number of amides is 1. The average molecular weight is 183 g/mol. The molecule has 1 fully saturated rings. The van der Waals surface area contributed by atoms with Gasteiger partial charge in [0.25, 0.3) is 0 Å². The molecule has 0 radical (unpaired) electrons. The lowest BCUT2D eigenvalue weighted by Gasteiger charge is -2.14. The Kier molecular flexibility index (Phi) is 3.96. The predicted molar refractivity (Wildman–Crippen MR) is 51.2 cm³/mol. The molecular formula is C10H17NO2. The summed E-state index contributed by atoms with van der Waals surface area (Å²) in [5.74, 6) is -0.258. The quantitative estimate of drug-likeness (QED) is 0.638. The van der Waals surface area contributed by atoms with E-state index in [4.69, 9.17) is 0 Å². The topological polar surface area (TPSA) is 49.3 Å². The molecule has 0 bridgehead atoms. The van der Waals surface area contributed by atoms with Crippen LogP contribution in [0.25, 0.3) is 0 Å². The van der Waals surface area contributed by atoms with E-state index >= 15 is 0 Å². The fourth-order valence-corrected chi connectivity index (χ4v) is 1.63. The van der Waals surface area contributed by atoms with Crippen LogP contribution in [0.2, 0.25) is 0 Å². The molecule has 1 atom stereocenters. The van der Waals surface area contributed by atoms with Crippen LogP contribution in [0, 0.1) is 0 Å². The highest BCUT2D eigenvalue weighted by molar-refractivity contribution is 5.80. The molecule has 2 N–H and O–H groups in total. The van der Waals surface area contributed by atoms with Gasteiger partial charge in [0.05, 0.1) is 0 Å². The monoisotopic (exact) mass is 183 g/mol. The standard InChI is InChI=1S/C10H17NO2/c1-2-5-9(12)10(13)11-8-6-3-4-7-8/h2,8-9,12H,1,3-7H2,(H,11,13). The maximum atomic E-state index is 11.3. The molecule has 1 saturated carbocycles. The third-order valence-electron chi connectivity index (χ3n) is 2.39. The van der Waals surface area contributed by atoms with Gasteiger partial charge in [0.15, 0.2) is 0 Å². The number of carbonyl (C=O) groups is 1. The first kappa shape index (κ1) is 10.3. The average Bonchev–Trinajstić information content (AvgIpc) is 2.57. The summed E-state index contributed by atoms with van der Waals surface area (Å²) in [6, 6.07) is 0.284. The second-order valence-electron chi connectivity index (χ2n) is 3.53. The molecule has 0 aromatic heterocycles. The van der Waals surface area contributed by atoms with Gasteiger partial charge in [-0.1, -0.05) is 18.9 Å². The fraction of sp³-hybridized carbons (Fsp3) is 0.700. The van der Waals surface area contributed by atoms with Gasteiger partial charge in [-0.15, -0.1) is 6.58 Å². The van der Waals surface area contributed by atoms with Gasteiger partial charge >= 0.3 is 0 Å². The van der Waals surface area contributed by atoms with E-state index in [9.17, 15) is 9.90 Å². The normalized spacial score (nSPS) is 19.8. The van der Waals surface area contributed by atoms with Crippen LogP contribution in [0.1, 0.15) is 32.1 Å². The van der Waals surface area contributed by atoms with Gasteiger partial charge in [0.1, 0.15) is 6.10 Å². The Labute approximate surface area is 78.8 Å². The molecular weight excluding hydrogens is 166 g/mol. The lowest BCUT2D eigenvalue weighted by atomic mass is 10.2. The van der Waals surface area contributed by atoms with Crippen LogP contribution in [-0.2, 0) is 4.79 Å². The highest BCUT2D eigenvalue weighted by Crippen LogP contribution is 2.17. The molecule has 0 aromatic rings. The van der Waals surface area contributed by atoms with E-state index in [1.807, 2.05) is 0 Å². The van der Waals surface area contributed by atoms with Crippen LogP contribution in [0.5, 0.6) is 0 Å². The Bertz CT molecular complexity index is 185. The van der Waals surface area contributed by atoms with Crippen molar-refractivity contribution < 1.29 is 9.90 Å². The first-order chi connectivity index (χ1) is 6.24. The van der Waals surface area contributed by atoms with Gasteiger partial charge in [-0.2, -0.15) is 0 Å². The summed E-state index contributed by atoms with van der Waals surface area (Å²) in [6.45, 7) is 3.47. The summed E-state index contributed by atoms with van der Waals surface area (Å²) in [5.41, 5.74) is 0. The van der Waals surface area contributed by atoms with Crippen molar-refractivity contribution in [1.29, 1.82) is 0 Å². The molecule has 1 amide bonds. The number of aliphatic hydroxyl groups excluding tert-OH is 1. The van der Waals surface area contributed by atoms with Crippen LogP contribution < -0.4 is 5.32 Å². The second-order valence-corrected chi connectivity index (χ2v) is 3.53. The van der Waals surface area contributed by atoms with Crippen molar-refractivity contribution in [3.63, 3.8) is 0 Å². The first-order valence-electron chi connectivity index (χ1n) is 4.83. The number of rotatable bonds is 4. The van der Waals surface area contributed by atoms with Crippen LogP contribution in [0.15, 0.2) is 12.7 Å². The van der Waals surface area contributed by atoms with Gasteiger partial charge in [0, 0.05) is 12.5 Å². The number of nitrogens with one attached hydrogen (secondary N) is 1. The van der Waals surface area contributed by atoms with Crippen molar-refractivity contribution in [2.75, 3.05) is 0 Å². The van der Waals surface area contributed by atoms with Crippen molar-refractivity contribution in [1.82, 2.24) is 5.32 Å². The Morgan fingerprint density at radius 2 is 2.23 bits per heavy atom. The van der Waals surface area contributed by atoms with Crippen LogP contribution >= 0.6 is 0 Å². The fourth-order valence-electron chi connectivity index (χ4n) is 1.63. The second kappa shape index (κ2) is 5.02. The SMILES string of the molecule is C=CCC(O)C(=O)NC1CCCC1. The summed E-state index contributed by atoms with van der Waals surface area (Å²) in [6.07, 6.45) is 5.43. The third-order valence-corrected chi connectivity index (χ3v) is 2.39. The molecule has 3 heteroatoms. The van der Waals surface area contributed by atoms with E-state index in [-0.39, 0.29) is 11.9 Å². The molecule has 0 spiro atoms. The van der Waals surface area contributed by atoms with Crippen molar-refractivity contribution in [3.8, 4) is 0 Å². The molecule has 1 unspecified atom stereocenters. The summed E-state index contributed by atoms with van der Waals surface area (Å²) >= 11 is 0. The van der Waals surface area contributed by atoms with Crippen LogP contribution in [0.4, 0.5) is 0 Å². The van der Waals surface area contributed by atoms with Gasteiger partial charge in [0.2, 0.25) is 5.91 Å². The molecule has 74 valence electrons. The maximum Gasteiger partial charge on any atom is 0.249 e. The molecule has 0 heterocycles. The first-order valence-corrected chi connectivity index (χ1v) is 4.83. The minimum Gasteiger partial charge on any atom is -0.383 e. The summed E-state index contributed by atoms with van der Waals surface area (Å²) < 4.78 is 0. The van der Waals surface area contributed by atoms with Crippen molar-refractivity contribution in [3.05, 3.63) is 12.7 Å². The molecule has 1 aliphatic carbocycles. The van der Waals surface area contributed by atoms with Crippen LogP contribution in [-0.4, -0.2) is 23.2 Å². The number of carbonyl (C=O) groups excluding carboxylic acids is 1. The molecule has 0 aromatic carbocycles. The van der Waals surface area contributed by atoms with Crippen LogP contribution in [0.3, 0.4) is 0 Å². The van der Waals surface area contributed by atoms with E-state index in [0.717, 1.165) is 12.8 Å². The van der Waals surface area contributed by atoms with E-state index in [1.54, 1.807) is 6.08 Å². The Hall–Kier alpha value is -0.830. The van der Waals surface area contributed by atoms with Gasteiger partial charge in [-0.05, 0) is 12.8 Å². The highest BCUT2D eigenvalue weighted by atomic mass is 16.3. The van der Waals surface area contributed by atoms with Crippen molar-refractivity contribution >= 4 is 5.91 Å². The van der Waals surface area contributed by atoms with E-state index in [1.165, 1.54) is 12.8 Å². The Morgan fingerprint density at radius 3 is 2.77 bits per heavy atom. The number of hydrogen-bond donors (Lipinski definition) is 2. The third kappa shape index (κ3) is 3.19. The molecule has 1 rings (SSSR count). The number of hydrogen-bond acceptors (Lipinski definition) is 2. The summed E-state index contributed by atoms with van der Waals surface area (Å²) in [4.78, 5) is 11.3. The van der Waals surface area contributed by atoms with E-state index in [2.05, 4.69) is 11.9 Å². The minimum absolute atomic E-state index is 0.258. The molecule has 0 aliphatic heterocycles. The Morgan fingerprint density at radius 1 is 1.62 bits per heavy atom. The summed E-state index contributed by atoms with van der Waals surface area (Å²) in [7, 11) is 0. The van der Waals surface area contributed by atoms with Gasteiger partial charge < -0.3 is 10.4 Å². The molecule has 13 heavy (non-hydrogen) atoms. The largest absolute Gasteiger partial charge is 0.383 e. The highest BCUT2D eigenvalue weighted by Gasteiger charge is 2.20. The molecule has 0 saturated heterocycles. The number of aliphatic hydroxyl groups is 1. The van der Waals surface area contributed by atoms with E-state index in [0.29, 0.717) is 6.42 Å². The molecule has 3 nitrogen and oxygen atoms in total. The Balaban J connectivity index is 2.26. The predicted octanol–water partition coefficient (Wildman–Crippen LogP) is 0.982. The zero-order valence-corrected chi connectivity index (χ0v) is 7.83. The van der Waals surface area contributed by atoms with Crippen molar-refractivity contribution in [2.45, 2.75) is 44.2 Å². The zero-order valence-electron chi connectivity index (χ0n) is 7.83. The smallest absolute Gasteiger partial charge is 0.249 e. The van der Waals surface area contributed by atoms with Gasteiger partial charge in [-0.3, -0.25) is 4.79 Å². The maximum absolute atomic E-state index is 11.3.